The molecule has 0 aliphatic rings. The van der Waals surface area contributed by atoms with Crippen molar-refractivity contribution in [2.45, 2.75) is 4.83 Å². The van der Waals surface area contributed by atoms with E-state index in [0.29, 0.717) is 5.02 Å². The molecule has 16 heavy (non-hydrogen) atoms. The molecule has 0 aliphatic heterocycles. The van der Waals surface area contributed by atoms with Crippen molar-refractivity contribution in [1.82, 2.24) is 0 Å². The van der Waals surface area contributed by atoms with Crippen molar-refractivity contribution in [3.8, 4) is 0 Å². The molecule has 1 atom stereocenters. The molecule has 1 unspecified atom stereocenters. The van der Waals surface area contributed by atoms with Crippen LogP contribution in [0.25, 0.3) is 0 Å². The van der Waals surface area contributed by atoms with Crippen molar-refractivity contribution in [2.24, 2.45) is 0 Å². The predicted octanol–water partition coefficient (Wildman–Crippen LogP) is 5.79. The number of hydrogen-bond donors (Lipinski definition) is 0. The molecule has 0 fully saturated rings. The molecule has 0 bridgehead atoms. The monoisotopic (exact) mass is 382 g/mol. The summed E-state index contributed by atoms with van der Waals surface area (Å²) in [5.41, 5.74) is 0.880. The predicted molar refractivity (Wildman–Crippen MR) is 74.2 cm³/mol. The summed E-state index contributed by atoms with van der Waals surface area (Å²) < 4.78 is 14.0. The van der Waals surface area contributed by atoms with E-state index in [1.54, 1.807) is 6.07 Å². The molecule has 0 aliphatic carbocycles. The van der Waals surface area contributed by atoms with Crippen LogP contribution in [0, 0.1) is 5.82 Å². The molecule has 2 rings (SSSR count). The molecule has 0 spiro atoms. The number of hydrogen-bond acceptors (Lipinski definition) is 1. The lowest BCUT2D eigenvalue weighted by atomic mass is 10.1. The van der Waals surface area contributed by atoms with E-state index in [2.05, 4.69) is 31.9 Å². The van der Waals surface area contributed by atoms with Gasteiger partial charge in [-0.05, 0) is 39.7 Å². The summed E-state index contributed by atoms with van der Waals surface area (Å²) in [5, 5.41) is 0.681. The third-order valence-electron chi connectivity index (χ3n) is 2.06. The van der Waals surface area contributed by atoms with Gasteiger partial charge < -0.3 is 0 Å². The SMILES string of the molecule is Fc1cccc(C(Br)c2cc(Cl)c(Br)s2)c1. The summed E-state index contributed by atoms with van der Waals surface area (Å²) in [7, 11) is 0. The Bertz CT molecular complexity index is 493. The smallest absolute Gasteiger partial charge is 0.123 e. The van der Waals surface area contributed by atoms with Crippen LogP contribution in [0.3, 0.4) is 0 Å². The second kappa shape index (κ2) is 5.17. The van der Waals surface area contributed by atoms with Gasteiger partial charge in [-0.15, -0.1) is 11.3 Å². The van der Waals surface area contributed by atoms with E-state index < -0.39 is 0 Å². The standard InChI is InChI=1S/C11H6Br2ClFS/c12-10(6-2-1-3-7(15)4-6)9-5-8(14)11(13)16-9/h1-5,10H. The summed E-state index contributed by atoms with van der Waals surface area (Å²) in [5.74, 6) is -0.233. The van der Waals surface area contributed by atoms with Crippen LogP contribution in [0.1, 0.15) is 15.3 Å². The summed E-state index contributed by atoms with van der Waals surface area (Å²) >= 11 is 14.4. The minimum Gasteiger partial charge on any atom is -0.207 e. The molecule has 0 N–H and O–H groups in total. The van der Waals surface area contributed by atoms with Crippen LogP contribution in [-0.2, 0) is 0 Å². The molecule has 0 nitrogen and oxygen atoms in total. The fourth-order valence-electron chi connectivity index (χ4n) is 1.32. The van der Waals surface area contributed by atoms with Gasteiger partial charge in [-0.25, -0.2) is 4.39 Å². The summed E-state index contributed by atoms with van der Waals surface area (Å²) in [6, 6.07) is 8.40. The molecule has 1 aromatic carbocycles. The maximum Gasteiger partial charge on any atom is 0.123 e. The molecule has 1 heterocycles. The van der Waals surface area contributed by atoms with Crippen molar-refractivity contribution in [2.75, 3.05) is 0 Å². The normalized spacial score (nSPS) is 12.8. The molecular formula is C11H6Br2ClFS. The van der Waals surface area contributed by atoms with E-state index in [4.69, 9.17) is 11.6 Å². The Morgan fingerprint density at radius 1 is 1.31 bits per heavy atom. The van der Waals surface area contributed by atoms with Crippen molar-refractivity contribution in [3.05, 3.63) is 55.4 Å². The van der Waals surface area contributed by atoms with Gasteiger partial charge in [0.05, 0.1) is 13.6 Å². The minimum absolute atomic E-state index is 0.0306. The van der Waals surface area contributed by atoms with E-state index in [9.17, 15) is 4.39 Å². The van der Waals surface area contributed by atoms with Crippen LogP contribution in [0.4, 0.5) is 4.39 Å². The van der Waals surface area contributed by atoms with Gasteiger partial charge in [0, 0.05) is 4.88 Å². The highest BCUT2D eigenvalue weighted by molar-refractivity contribution is 9.11. The van der Waals surface area contributed by atoms with Crippen LogP contribution in [-0.4, -0.2) is 0 Å². The quantitative estimate of drug-likeness (QED) is 0.575. The van der Waals surface area contributed by atoms with Gasteiger partial charge >= 0.3 is 0 Å². The lowest BCUT2D eigenvalue weighted by molar-refractivity contribution is 0.626. The first kappa shape index (κ1) is 12.6. The second-order valence-corrected chi connectivity index (χ2v) is 6.91. The third-order valence-corrected chi connectivity index (χ3v) is 5.92. The van der Waals surface area contributed by atoms with Crippen molar-refractivity contribution < 1.29 is 4.39 Å². The Kier molecular flexibility index (Phi) is 4.06. The Morgan fingerprint density at radius 2 is 2.06 bits per heavy atom. The van der Waals surface area contributed by atoms with Crippen LogP contribution >= 0.6 is 54.8 Å². The number of thiophene rings is 1. The highest BCUT2D eigenvalue weighted by Crippen LogP contribution is 2.41. The summed E-state index contributed by atoms with van der Waals surface area (Å²) in [4.78, 5) is 1.01. The molecule has 1 aromatic heterocycles. The van der Waals surface area contributed by atoms with Gasteiger partial charge in [0.15, 0.2) is 0 Å². The highest BCUT2D eigenvalue weighted by Gasteiger charge is 2.15. The van der Waals surface area contributed by atoms with Gasteiger partial charge in [-0.2, -0.15) is 0 Å². The fourth-order valence-corrected chi connectivity index (χ4v) is 3.77. The van der Waals surface area contributed by atoms with Crippen molar-refractivity contribution in [3.63, 3.8) is 0 Å². The van der Waals surface area contributed by atoms with E-state index >= 15 is 0 Å². The zero-order valence-corrected chi connectivity index (χ0v) is 12.6. The summed E-state index contributed by atoms with van der Waals surface area (Å²) in [6.45, 7) is 0. The Labute approximate surface area is 119 Å². The molecular weight excluding hydrogens is 378 g/mol. The van der Waals surface area contributed by atoms with Crippen LogP contribution < -0.4 is 0 Å². The zero-order chi connectivity index (χ0) is 11.7. The van der Waals surface area contributed by atoms with Crippen molar-refractivity contribution in [1.29, 1.82) is 0 Å². The average molecular weight is 384 g/mol. The molecule has 0 radical (unpaired) electrons. The van der Waals surface area contributed by atoms with E-state index in [0.717, 1.165) is 14.2 Å². The first-order valence-electron chi connectivity index (χ1n) is 4.42. The Hall–Kier alpha value is 0.1000. The Balaban J connectivity index is 2.35. The van der Waals surface area contributed by atoms with E-state index in [-0.39, 0.29) is 10.6 Å². The molecule has 2 aromatic rings. The molecule has 0 saturated heterocycles. The van der Waals surface area contributed by atoms with Gasteiger partial charge in [0.1, 0.15) is 5.82 Å². The summed E-state index contributed by atoms with van der Waals surface area (Å²) in [6.07, 6.45) is 0. The third kappa shape index (κ3) is 2.67. The number of benzene rings is 1. The topological polar surface area (TPSA) is 0 Å². The van der Waals surface area contributed by atoms with Gasteiger partial charge in [0.25, 0.3) is 0 Å². The van der Waals surface area contributed by atoms with Crippen molar-refractivity contribution >= 4 is 54.8 Å². The first-order chi connectivity index (χ1) is 7.58. The first-order valence-corrected chi connectivity index (χ1v) is 7.32. The number of alkyl halides is 1. The maximum atomic E-state index is 13.1. The van der Waals surface area contributed by atoms with Crippen LogP contribution in [0.2, 0.25) is 5.02 Å². The van der Waals surface area contributed by atoms with Gasteiger partial charge in [-0.3, -0.25) is 0 Å². The van der Waals surface area contributed by atoms with Crippen LogP contribution in [0.5, 0.6) is 0 Å². The number of halogens is 4. The number of rotatable bonds is 2. The van der Waals surface area contributed by atoms with E-state index in [1.165, 1.54) is 23.5 Å². The average Bonchev–Trinajstić information content (AvgIpc) is 2.58. The Morgan fingerprint density at radius 3 is 2.62 bits per heavy atom. The van der Waals surface area contributed by atoms with Gasteiger partial charge in [-0.1, -0.05) is 39.7 Å². The largest absolute Gasteiger partial charge is 0.207 e. The molecule has 0 saturated carbocycles. The minimum atomic E-state index is -0.233. The fraction of sp³-hybridized carbons (Fsp3) is 0.0909. The van der Waals surface area contributed by atoms with Gasteiger partial charge in [0.2, 0.25) is 0 Å². The molecule has 84 valence electrons. The molecule has 5 heteroatoms. The second-order valence-electron chi connectivity index (χ2n) is 3.19. The van der Waals surface area contributed by atoms with Crippen LogP contribution in [0.15, 0.2) is 34.1 Å². The van der Waals surface area contributed by atoms with E-state index in [1.807, 2.05) is 12.1 Å². The highest BCUT2D eigenvalue weighted by atomic mass is 79.9. The maximum absolute atomic E-state index is 13.1. The lowest BCUT2D eigenvalue weighted by Crippen LogP contribution is -1.89. The molecule has 0 amide bonds. The zero-order valence-electron chi connectivity index (χ0n) is 7.88. The lowest BCUT2D eigenvalue weighted by Gasteiger charge is -2.07.